The van der Waals surface area contributed by atoms with E-state index in [0.717, 1.165) is 37.9 Å². The van der Waals surface area contributed by atoms with Crippen LogP contribution in [0.1, 0.15) is 65.5 Å². The number of hydrogen-bond donors (Lipinski definition) is 1. The van der Waals surface area contributed by atoms with E-state index < -0.39 is 5.60 Å². The molecule has 1 fully saturated rings. The third-order valence-corrected chi connectivity index (χ3v) is 5.04. The molecule has 0 amide bonds. The molecule has 21 heavy (non-hydrogen) atoms. The van der Waals surface area contributed by atoms with E-state index in [0.29, 0.717) is 17.1 Å². The maximum absolute atomic E-state index is 11.3. The molecule has 4 nitrogen and oxygen atoms in total. The fourth-order valence-corrected chi connectivity index (χ4v) is 3.65. The Balaban J connectivity index is 2.29. The van der Waals surface area contributed by atoms with Crippen molar-refractivity contribution in [3.8, 4) is 5.75 Å². The average Bonchev–Trinajstić information content (AvgIpc) is 2.74. The first-order valence-corrected chi connectivity index (χ1v) is 8.14. The minimum absolute atomic E-state index is 0.306. The van der Waals surface area contributed by atoms with Crippen LogP contribution in [0, 0.1) is 11.3 Å². The second-order valence-electron chi connectivity index (χ2n) is 7.40. The minimum Gasteiger partial charge on any atom is -0.493 e. The number of hydrogen-bond acceptors (Lipinski definition) is 3. The van der Waals surface area contributed by atoms with Crippen LogP contribution in [0.2, 0.25) is 0 Å². The number of ether oxygens (including phenoxy) is 1. The molecule has 2 atom stereocenters. The van der Waals surface area contributed by atoms with Gasteiger partial charge in [-0.2, -0.15) is 5.10 Å². The van der Waals surface area contributed by atoms with Crippen LogP contribution in [0.25, 0.3) is 0 Å². The minimum atomic E-state index is -0.808. The second-order valence-corrected chi connectivity index (χ2v) is 7.40. The zero-order valence-electron chi connectivity index (χ0n) is 14.1. The highest BCUT2D eigenvalue weighted by Crippen LogP contribution is 2.45. The van der Waals surface area contributed by atoms with Gasteiger partial charge in [0.05, 0.1) is 13.3 Å². The van der Waals surface area contributed by atoms with Crippen LogP contribution in [0.15, 0.2) is 6.20 Å². The molecule has 0 aromatic carbocycles. The van der Waals surface area contributed by atoms with Crippen molar-refractivity contribution in [3.05, 3.63) is 11.9 Å². The number of nitrogens with zero attached hydrogens (tertiary/aromatic N) is 2. The van der Waals surface area contributed by atoms with Crippen molar-refractivity contribution in [3.63, 3.8) is 0 Å². The van der Waals surface area contributed by atoms with Gasteiger partial charge in [0, 0.05) is 6.54 Å². The van der Waals surface area contributed by atoms with Gasteiger partial charge in [-0.25, -0.2) is 0 Å². The predicted octanol–water partition coefficient (Wildman–Crippen LogP) is 3.73. The van der Waals surface area contributed by atoms with Gasteiger partial charge >= 0.3 is 0 Å². The van der Waals surface area contributed by atoms with Crippen molar-refractivity contribution in [2.45, 2.75) is 71.9 Å². The van der Waals surface area contributed by atoms with Gasteiger partial charge in [0.25, 0.3) is 0 Å². The SMILES string of the molecule is CCn1ncc(OC)c1C1(O)CCCC(C(C)(C)C)CC1. The zero-order chi connectivity index (χ0) is 15.7. The number of aliphatic hydroxyl groups is 1. The summed E-state index contributed by atoms with van der Waals surface area (Å²) < 4.78 is 7.32. The fourth-order valence-electron chi connectivity index (χ4n) is 3.65. The van der Waals surface area contributed by atoms with Crippen LogP contribution >= 0.6 is 0 Å². The summed E-state index contributed by atoms with van der Waals surface area (Å²) >= 11 is 0. The van der Waals surface area contributed by atoms with Gasteiger partial charge in [0.15, 0.2) is 5.75 Å². The molecule has 0 radical (unpaired) electrons. The lowest BCUT2D eigenvalue weighted by molar-refractivity contribution is 0.00728. The van der Waals surface area contributed by atoms with E-state index in [9.17, 15) is 5.11 Å². The molecule has 0 aliphatic heterocycles. The summed E-state index contributed by atoms with van der Waals surface area (Å²) in [5.41, 5.74) is 0.361. The smallest absolute Gasteiger partial charge is 0.162 e. The number of aryl methyl sites for hydroxylation is 1. The Morgan fingerprint density at radius 2 is 2.10 bits per heavy atom. The lowest BCUT2D eigenvalue weighted by Gasteiger charge is -2.31. The van der Waals surface area contributed by atoms with Crippen LogP contribution in [0.4, 0.5) is 0 Å². The van der Waals surface area contributed by atoms with E-state index in [1.54, 1.807) is 13.3 Å². The Morgan fingerprint density at radius 3 is 2.67 bits per heavy atom. The molecule has 2 rings (SSSR count). The van der Waals surface area contributed by atoms with E-state index in [-0.39, 0.29) is 0 Å². The first-order chi connectivity index (χ1) is 9.81. The third kappa shape index (κ3) is 3.25. The number of methoxy groups -OCH3 is 1. The summed E-state index contributed by atoms with van der Waals surface area (Å²) in [6, 6.07) is 0. The largest absolute Gasteiger partial charge is 0.493 e. The van der Waals surface area contributed by atoms with Gasteiger partial charge < -0.3 is 9.84 Å². The maximum atomic E-state index is 11.3. The molecule has 120 valence electrons. The number of rotatable bonds is 3. The Kier molecular flexibility index (Phi) is 4.66. The Labute approximate surface area is 128 Å². The molecule has 1 heterocycles. The van der Waals surface area contributed by atoms with Gasteiger partial charge in [-0.3, -0.25) is 4.68 Å². The Hall–Kier alpha value is -1.03. The van der Waals surface area contributed by atoms with Gasteiger partial charge in [0.1, 0.15) is 11.3 Å². The quantitative estimate of drug-likeness (QED) is 0.864. The Morgan fingerprint density at radius 1 is 1.38 bits per heavy atom. The molecule has 4 heteroatoms. The molecule has 0 saturated heterocycles. The van der Waals surface area contributed by atoms with Crippen LogP contribution in [0.5, 0.6) is 5.75 Å². The van der Waals surface area contributed by atoms with Crippen LogP contribution in [-0.2, 0) is 12.1 Å². The fraction of sp³-hybridized carbons (Fsp3) is 0.824. The normalized spacial score (nSPS) is 27.4. The van der Waals surface area contributed by atoms with Crippen molar-refractivity contribution < 1.29 is 9.84 Å². The standard InChI is InChI=1S/C17H30N2O2/c1-6-19-15(14(21-5)12-18-19)17(20)10-7-8-13(9-11-17)16(2,3)4/h12-13,20H,6-11H2,1-5H3. The summed E-state index contributed by atoms with van der Waals surface area (Å²) in [5, 5.41) is 15.6. The second kappa shape index (κ2) is 5.99. The molecule has 0 bridgehead atoms. The highest BCUT2D eigenvalue weighted by Gasteiger charge is 2.40. The third-order valence-electron chi connectivity index (χ3n) is 5.04. The van der Waals surface area contributed by atoms with E-state index in [2.05, 4.69) is 25.9 Å². The monoisotopic (exact) mass is 294 g/mol. The zero-order valence-corrected chi connectivity index (χ0v) is 14.1. The van der Waals surface area contributed by atoms with Gasteiger partial charge in [-0.05, 0) is 50.4 Å². The van der Waals surface area contributed by atoms with E-state index in [1.807, 2.05) is 11.6 Å². The van der Waals surface area contributed by atoms with Gasteiger partial charge in [0.2, 0.25) is 0 Å². The molecular weight excluding hydrogens is 264 g/mol. The van der Waals surface area contributed by atoms with Gasteiger partial charge in [-0.1, -0.05) is 20.8 Å². The molecule has 0 spiro atoms. The first kappa shape index (κ1) is 16.3. The van der Waals surface area contributed by atoms with Crippen LogP contribution < -0.4 is 4.74 Å². The predicted molar refractivity (Wildman–Crippen MR) is 84.4 cm³/mol. The summed E-state index contributed by atoms with van der Waals surface area (Å²) in [7, 11) is 1.65. The van der Waals surface area contributed by atoms with E-state index in [4.69, 9.17) is 4.74 Å². The molecule has 1 saturated carbocycles. The summed E-state index contributed by atoms with van der Waals surface area (Å²) in [6.45, 7) is 9.72. The topological polar surface area (TPSA) is 47.3 Å². The summed E-state index contributed by atoms with van der Waals surface area (Å²) in [6.07, 6.45) is 6.60. The van der Waals surface area contributed by atoms with Gasteiger partial charge in [-0.15, -0.1) is 0 Å². The summed E-state index contributed by atoms with van der Waals surface area (Å²) in [4.78, 5) is 0. The molecule has 1 aromatic rings. The molecule has 2 unspecified atom stereocenters. The maximum Gasteiger partial charge on any atom is 0.162 e. The van der Waals surface area contributed by atoms with Crippen molar-refractivity contribution in [1.82, 2.24) is 9.78 Å². The molecule has 1 N–H and O–H groups in total. The average molecular weight is 294 g/mol. The van der Waals surface area contributed by atoms with Crippen molar-refractivity contribution in [2.24, 2.45) is 11.3 Å². The molecule has 1 aliphatic carbocycles. The highest BCUT2D eigenvalue weighted by molar-refractivity contribution is 5.31. The molecule has 1 aliphatic rings. The van der Waals surface area contributed by atoms with Crippen molar-refractivity contribution in [2.75, 3.05) is 7.11 Å². The Bertz CT molecular complexity index is 454. The van der Waals surface area contributed by atoms with Crippen molar-refractivity contribution >= 4 is 0 Å². The van der Waals surface area contributed by atoms with E-state index in [1.165, 1.54) is 6.42 Å². The molecule has 1 aromatic heterocycles. The van der Waals surface area contributed by atoms with Crippen LogP contribution in [-0.4, -0.2) is 22.0 Å². The van der Waals surface area contributed by atoms with E-state index >= 15 is 0 Å². The lowest BCUT2D eigenvalue weighted by Crippen LogP contribution is -2.29. The molecular formula is C17H30N2O2. The summed E-state index contributed by atoms with van der Waals surface area (Å²) in [5.74, 6) is 1.38. The van der Waals surface area contributed by atoms with Crippen LogP contribution in [0.3, 0.4) is 0 Å². The van der Waals surface area contributed by atoms with Crippen molar-refractivity contribution in [1.29, 1.82) is 0 Å². The first-order valence-electron chi connectivity index (χ1n) is 8.14. The highest BCUT2D eigenvalue weighted by atomic mass is 16.5. The lowest BCUT2D eigenvalue weighted by atomic mass is 9.76. The number of aromatic nitrogens is 2.